The molecule has 0 aromatic heterocycles. The van der Waals surface area contributed by atoms with Crippen LogP contribution in [0.15, 0.2) is 24.3 Å². The minimum absolute atomic E-state index is 0.0279. The molecule has 20 heavy (non-hydrogen) atoms. The maximum absolute atomic E-state index is 11.6. The summed E-state index contributed by atoms with van der Waals surface area (Å²) in [6, 6.07) is 9.24. The van der Waals surface area contributed by atoms with Crippen molar-refractivity contribution in [1.29, 1.82) is 5.26 Å². The van der Waals surface area contributed by atoms with E-state index in [-0.39, 0.29) is 6.61 Å². The van der Waals surface area contributed by atoms with Crippen LogP contribution in [0.5, 0.6) is 5.75 Å². The van der Waals surface area contributed by atoms with E-state index in [1.54, 1.807) is 26.0 Å². The topological polar surface area (TPSA) is 79.2 Å². The highest BCUT2D eigenvalue weighted by atomic mass is 32.2. The lowest BCUT2D eigenvalue weighted by atomic mass is 10.2. The molecule has 0 heterocycles. The molecule has 6 heteroatoms. The first-order valence-corrected chi connectivity index (χ1v) is 8.14. The number of sulfone groups is 1. The Bertz CT molecular complexity index is 571. The number of ether oxygens (including phenoxy) is 1. The zero-order valence-electron chi connectivity index (χ0n) is 12.0. The van der Waals surface area contributed by atoms with E-state index in [0.29, 0.717) is 18.8 Å². The SMILES string of the molecule is CC(C)(CNCc1ccc(OCC#N)cc1)S(C)(=O)=O. The van der Waals surface area contributed by atoms with Gasteiger partial charge in [0.05, 0.1) is 4.75 Å². The third kappa shape index (κ3) is 4.83. The second-order valence-corrected chi connectivity index (χ2v) is 7.88. The van der Waals surface area contributed by atoms with Crippen molar-refractivity contribution in [2.75, 3.05) is 19.4 Å². The molecule has 0 radical (unpaired) electrons. The molecule has 5 nitrogen and oxygen atoms in total. The van der Waals surface area contributed by atoms with Crippen LogP contribution in [0, 0.1) is 11.3 Å². The number of hydrogen-bond donors (Lipinski definition) is 1. The van der Waals surface area contributed by atoms with E-state index in [9.17, 15) is 8.42 Å². The molecule has 1 aromatic carbocycles. The predicted molar refractivity (Wildman–Crippen MR) is 78.2 cm³/mol. The Morgan fingerprint density at radius 3 is 2.40 bits per heavy atom. The van der Waals surface area contributed by atoms with E-state index in [1.165, 1.54) is 6.26 Å². The van der Waals surface area contributed by atoms with Gasteiger partial charge in [0.1, 0.15) is 11.8 Å². The molecule has 0 spiro atoms. The number of rotatable bonds is 7. The van der Waals surface area contributed by atoms with Gasteiger partial charge in [0.15, 0.2) is 16.4 Å². The van der Waals surface area contributed by atoms with Crippen LogP contribution in [-0.2, 0) is 16.4 Å². The van der Waals surface area contributed by atoms with Crippen LogP contribution in [0.3, 0.4) is 0 Å². The summed E-state index contributed by atoms with van der Waals surface area (Å²) in [5.41, 5.74) is 1.03. The zero-order chi connectivity index (χ0) is 15.2. The van der Waals surface area contributed by atoms with E-state index in [2.05, 4.69) is 5.32 Å². The maximum Gasteiger partial charge on any atom is 0.174 e. The average molecular weight is 296 g/mol. The molecule has 1 rings (SSSR count). The Kier molecular flexibility index (Phi) is 5.54. The van der Waals surface area contributed by atoms with Crippen LogP contribution in [0.2, 0.25) is 0 Å². The molecule has 0 saturated carbocycles. The molecular formula is C14H20N2O3S. The molecule has 0 aliphatic carbocycles. The zero-order valence-corrected chi connectivity index (χ0v) is 12.8. The Balaban J connectivity index is 2.49. The van der Waals surface area contributed by atoms with E-state index in [0.717, 1.165) is 5.56 Å². The number of benzene rings is 1. The molecule has 0 aliphatic heterocycles. The van der Waals surface area contributed by atoms with Crippen LogP contribution in [0.25, 0.3) is 0 Å². The van der Waals surface area contributed by atoms with Gasteiger partial charge < -0.3 is 10.1 Å². The first-order chi connectivity index (χ1) is 9.26. The van der Waals surface area contributed by atoms with Gasteiger partial charge in [-0.15, -0.1) is 0 Å². The minimum atomic E-state index is -3.09. The number of nitrogens with one attached hydrogen (secondary N) is 1. The van der Waals surface area contributed by atoms with Crippen molar-refractivity contribution >= 4 is 9.84 Å². The molecule has 0 fully saturated rings. The summed E-state index contributed by atoms with van der Waals surface area (Å²) in [6.45, 7) is 4.40. The van der Waals surface area contributed by atoms with Gasteiger partial charge in [-0.2, -0.15) is 5.26 Å². The maximum atomic E-state index is 11.6. The van der Waals surface area contributed by atoms with Gasteiger partial charge in [-0.25, -0.2) is 8.42 Å². The average Bonchev–Trinajstić information content (AvgIpc) is 2.36. The molecule has 0 atom stereocenters. The van der Waals surface area contributed by atoms with E-state index >= 15 is 0 Å². The van der Waals surface area contributed by atoms with Gasteiger partial charge in [0.25, 0.3) is 0 Å². The molecule has 0 saturated heterocycles. The summed E-state index contributed by atoms with van der Waals surface area (Å²) in [6.07, 6.45) is 1.25. The van der Waals surface area contributed by atoms with Crippen molar-refractivity contribution in [2.45, 2.75) is 25.1 Å². The highest BCUT2D eigenvalue weighted by molar-refractivity contribution is 7.92. The van der Waals surface area contributed by atoms with Gasteiger partial charge in [0, 0.05) is 19.3 Å². The summed E-state index contributed by atoms with van der Waals surface area (Å²) in [7, 11) is -3.09. The van der Waals surface area contributed by atoms with Crippen molar-refractivity contribution in [3.05, 3.63) is 29.8 Å². The van der Waals surface area contributed by atoms with Gasteiger partial charge in [0.2, 0.25) is 0 Å². The Hall–Kier alpha value is -1.58. The normalized spacial score (nSPS) is 11.9. The highest BCUT2D eigenvalue weighted by Gasteiger charge is 2.29. The lowest BCUT2D eigenvalue weighted by Gasteiger charge is -2.22. The molecular weight excluding hydrogens is 276 g/mol. The van der Waals surface area contributed by atoms with Crippen molar-refractivity contribution in [1.82, 2.24) is 5.32 Å². The number of hydrogen-bond acceptors (Lipinski definition) is 5. The fourth-order valence-corrected chi connectivity index (χ4v) is 1.82. The van der Waals surface area contributed by atoms with Gasteiger partial charge >= 0.3 is 0 Å². The third-order valence-electron chi connectivity index (χ3n) is 3.11. The minimum Gasteiger partial charge on any atom is -0.479 e. The van der Waals surface area contributed by atoms with Crippen LogP contribution >= 0.6 is 0 Å². The lowest BCUT2D eigenvalue weighted by Crippen LogP contribution is -2.41. The summed E-state index contributed by atoms with van der Waals surface area (Å²) in [5.74, 6) is 0.645. The number of nitriles is 1. The van der Waals surface area contributed by atoms with E-state index < -0.39 is 14.6 Å². The van der Waals surface area contributed by atoms with Gasteiger partial charge in [-0.05, 0) is 31.5 Å². The summed E-state index contributed by atoms with van der Waals surface area (Å²) in [5, 5.41) is 11.5. The van der Waals surface area contributed by atoms with Crippen LogP contribution < -0.4 is 10.1 Å². The summed E-state index contributed by atoms with van der Waals surface area (Å²) >= 11 is 0. The standard InChI is InChI=1S/C14H20N2O3S/c1-14(2,20(3,17)18)11-16-10-12-4-6-13(7-5-12)19-9-8-15/h4-7,16H,9-11H2,1-3H3. The van der Waals surface area contributed by atoms with Gasteiger partial charge in [-0.3, -0.25) is 0 Å². The third-order valence-corrected chi connectivity index (χ3v) is 5.26. The van der Waals surface area contributed by atoms with E-state index in [4.69, 9.17) is 10.00 Å². The Labute approximate surface area is 120 Å². The molecule has 110 valence electrons. The lowest BCUT2D eigenvalue weighted by molar-refractivity contribution is 0.368. The smallest absolute Gasteiger partial charge is 0.174 e. The molecule has 1 aromatic rings. The molecule has 0 aliphatic rings. The number of nitrogens with zero attached hydrogens (tertiary/aromatic N) is 1. The second-order valence-electron chi connectivity index (χ2n) is 5.23. The van der Waals surface area contributed by atoms with Crippen molar-refractivity contribution < 1.29 is 13.2 Å². The molecule has 0 unspecified atom stereocenters. The van der Waals surface area contributed by atoms with Crippen LogP contribution in [0.1, 0.15) is 19.4 Å². The second kappa shape index (κ2) is 6.73. The largest absolute Gasteiger partial charge is 0.479 e. The summed E-state index contributed by atoms with van der Waals surface area (Å²) < 4.78 is 27.5. The highest BCUT2D eigenvalue weighted by Crippen LogP contribution is 2.15. The molecule has 0 amide bonds. The fourth-order valence-electron chi connectivity index (χ4n) is 1.46. The summed E-state index contributed by atoms with van der Waals surface area (Å²) in [4.78, 5) is 0. The molecule has 1 N–H and O–H groups in total. The van der Waals surface area contributed by atoms with E-state index in [1.807, 2.05) is 18.2 Å². The first-order valence-electron chi connectivity index (χ1n) is 6.25. The van der Waals surface area contributed by atoms with Crippen molar-refractivity contribution in [3.8, 4) is 11.8 Å². The van der Waals surface area contributed by atoms with Crippen LogP contribution in [0.4, 0.5) is 0 Å². The Morgan fingerprint density at radius 1 is 1.30 bits per heavy atom. The monoisotopic (exact) mass is 296 g/mol. The van der Waals surface area contributed by atoms with Crippen molar-refractivity contribution in [2.24, 2.45) is 0 Å². The Morgan fingerprint density at radius 2 is 1.90 bits per heavy atom. The van der Waals surface area contributed by atoms with Crippen LogP contribution in [-0.4, -0.2) is 32.6 Å². The molecule has 0 bridgehead atoms. The van der Waals surface area contributed by atoms with Gasteiger partial charge in [-0.1, -0.05) is 12.1 Å². The predicted octanol–water partition coefficient (Wildman–Crippen LogP) is 1.50. The first kappa shape index (κ1) is 16.5. The van der Waals surface area contributed by atoms with Crippen molar-refractivity contribution in [3.63, 3.8) is 0 Å². The fraction of sp³-hybridized carbons (Fsp3) is 0.500. The quantitative estimate of drug-likeness (QED) is 0.825.